The molecule has 0 saturated heterocycles. The Bertz CT molecular complexity index is 438. The Morgan fingerprint density at radius 1 is 1.18 bits per heavy atom. The first kappa shape index (κ1) is 12.0. The van der Waals surface area contributed by atoms with Gasteiger partial charge in [-0.1, -0.05) is 6.08 Å². The van der Waals surface area contributed by atoms with Crippen molar-refractivity contribution in [3.63, 3.8) is 0 Å². The van der Waals surface area contributed by atoms with Crippen LogP contribution in [-0.2, 0) is 6.42 Å². The molecule has 1 aromatic rings. The number of allylic oxidation sites excluding steroid dienone is 1. The van der Waals surface area contributed by atoms with Gasteiger partial charge in [0.2, 0.25) is 0 Å². The quantitative estimate of drug-likeness (QED) is 0.871. The molecule has 0 aliphatic heterocycles. The van der Waals surface area contributed by atoms with Crippen LogP contribution >= 0.6 is 0 Å². The average molecular weight is 233 g/mol. The molecular weight excluding hydrogens is 214 g/mol. The highest BCUT2D eigenvalue weighted by atomic mass is 16.5. The maximum absolute atomic E-state index is 5.61. The van der Waals surface area contributed by atoms with Gasteiger partial charge in [0, 0.05) is 6.54 Å². The van der Waals surface area contributed by atoms with Crippen molar-refractivity contribution < 1.29 is 9.47 Å². The summed E-state index contributed by atoms with van der Waals surface area (Å²) >= 11 is 0. The van der Waals surface area contributed by atoms with Crippen molar-refractivity contribution in [3.05, 3.63) is 29.3 Å². The molecule has 2 rings (SSSR count). The Kier molecular flexibility index (Phi) is 3.69. The van der Waals surface area contributed by atoms with Gasteiger partial charge in [-0.2, -0.15) is 0 Å². The number of ether oxygens (including phenoxy) is 2. The molecule has 92 valence electrons. The summed E-state index contributed by atoms with van der Waals surface area (Å²) in [6, 6.07) is 4.15. The lowest BCUT2D eigenvalue weighted by molar-refractivity contribution is 0.354. The number of benzene rings is 1. The summed E-state index contributed by atoms with van der Waals surface area (Å²) < 4.78 is 10.7. The molecule has 0 amide bonds. The summed E-state index contributed by atoms with van der Waals surface area (Å²) in [7, 11) is 3.34. The Morgan fingerprint density at radius 3 is 2.53 bits per heavy atom. The summed E-state index contributed by atoms with van der Waals surface area (Å²) in [4.78, 5) is 0. The van der Waals surface area contributed by atoms with Crippen molar-refractivity contribution in [1.82, 2.24) is 0 Å². The van der Waals surface area contributed by atoms with Crippen LogP contribution in [0.25, 0.3) is 5.57 Å². The van der Waals surface area contributed by atoms with E-state index in [2.05, 4.69) is 18.2 Å². The monoisotopic (exact) mass is 233 g/mol. The molecule has 1 aliphatic rings. The lowest BCUT2D eigenvalue weighted by Crippen LogP contribution is -2.05. The lowest BCUT2D eigenvalue weighted by atomic mass is 9.86. The molecule has 1 aromatic carbocycles. The van der Waals surface area contributed by atoms with Crippen LogP contribution in [0.4, 0.5) is 0 Å². The van der Waals surface area contributed by atoms with Crippen LogP contribution in [0.1, 0.15) is 24.0 Å². The molecule has 17 heavy (non-hydrogen) atoms. The molecule has 1 aliphatic carbocycles. The first-order chi connectivity index (χ1) is 8.30. The van der Waals surface area contributed by atoms with Gasteiger partial charge in [-0.3, -0.25) is 0 Å². The first-order valence-electron chi connectivity index (χ1n) is 5.94. The van der Waals surface area contributed by atoms with Gasteiger partial charge in [0.05, 0.1) is 14.2 Å². The zero-order chi connectivity index (χ0) is 12.3. The molecule has 0 atom stereocenters. The highest BCUT2D eigenvalue weighted by Crippen LogP contribution is 2.38. The molecule has 0 spiro atoms. The zero-order valence-electron chi connectivity index (χ0n) is 10.5. The highest BCUT2D eigenvalue weighted by molar-refractivity contribution is 5.72. The normalized spacial score (nSPS) is 16.8. The first-order valence-corrected chi connectivity index (χ1v) is 5.94. The third-order valence-corrected chi connectivity index (χ3v) is 3.21. The molecule has 3 heteroatoms. The smallest absolute Gasteiger partial charge is 0.161 e. The number of aryl methyl sites for hydroxylation is 1. The van der Waals surface area contributed by atoms with Gasteiger partial charge in [-0.25, -0.2) is 0 Å². The summed E-state index contributed by atoms with van der Waals surface area (Å²) in [5, 5.41) is 0. The van der Waals surface area contributed by atoms with Crippen LogP contribution < -0.4 is 15.2 Å². The van der Waals surface area contributed by atoms with Crippen LogP contribution in [0.15, 0.2) is 18.2 Å². The Morgan fingerprint density at radius 2 is 1.88 bits per heavy atom. The molecule has 3 nitrogen and oxygen atoms in total. The van der Waals surface area contributed by atoms with Crippen LogP contribution in [0.3, 0.4) is 0 Å². The molecule has 0 aromatic heterocycles. The number of rotatable bonds is 3. The largest absolute Gasteiger partial charge is 0.493 e. The van der Waals surface area contributed by atoms with Crippen molar-refractivity contribution >= 4 is 5.57 Å². The van der Waals surface area contributed by atoms with E-state index in [9.17, 15) is 0 Å². The summed E-state index contributed by atoms with van der Waals surface area (Å²) in [5.41, 5.74) is 9.53. The number of fused-ring (bicyclic) bond motifs is 1. The van der Waals surface area contributed by atoms with Gasteiger partial charge in [-0.15, -0.1) is 0 Å². The fourth-order valence-corrected chi connectivity index (χ4v) is 2.39. The van der Waals surface area contributed by atoms with E-state index < -0.39 is 0 Å². The number of hydrogen-bond acceptors (Lipinski definition) is 3. The molecule has 0 bridgehead atoms. The number of nitrogens with two attached hydrogens (primary N) is 1. The molecule has 0 unspecified atom stereocenters. The Hall–Kier alpha value is -1.48. The second kappa shape index (κ2) is 5.23. The van der Waals surface area contributed by atoms with Gasteiger partial charge in [0.25, 0.3) is 0 Å². The predicted molar refractivity (Wildman–Crippen MR) is 69.5 cm³/mol. The summed E-state index contributed by atoms with van der Waals surface area (Å²) in [6.45, 7) is 0.586. The number of hydrogen-bond donors (Lipinski definition) is 1. The second-order valence-corrected chi connectivity index (χ2v) is 4.18. The Balaban J connectivity index is 2.51. The van der Waals surface area contributed by atoms with E-state index in [1.807, 2.05) is 0 Å². The van der Waals surface area contributed by atoms with E-state index in [1.165, 1.54) is 23.1 Å². The minimum absolute atomic E-state index is 0.586. The lowest BCUT2D eigenvalue weighted by Gasteiger charge is -2.21. The fraction of sp³-hybridized carbons (Fsp3) is 0.429. The minimum atomic E-state index is 0.586. The van der Waals surface area contributed by atoms with Crippen molar-refractivity contribution in [2.45, 2.75) is 19.3 Å². The zero-order valence-corrected chi connectivity index (χ0v) is 10.5. The van der Waals surface area contributed by atoms with Gasteiger partial charge in [0.15, 0.2) is 11.5 Å². The number of methoxy groups -OCH3 is 2. The van der Waals surface area contributed by atoms with E-state index in [-0.39, 0.29) is 0 Å². The third kappa shape index (κ3) is 2.29. The average Bonchev–Trinajstić information content (AvgIpc) is 2.38. The van der Waals surface area contributed by atoms with Crippen LogP contribution in [0, 0.1) is 0 Å². The van der Waals surface area contributed by atoms with Crippen molar-refractivity contribution in [2.75, 3.05) is 20.8 Å². The molecule has 0 fully saturated rings. The standard InChI is InChI=1S/C14H19NO2/c1-16-13-8-11-5-3-4-10(6-7-15)12(11)9-14(13)17-2/h6,8-9H,3-5,7,15H2,1-2H3/b10-6+. The van der Waals surface area contributed by atoms with Gasteiger partial charge >= 0.3 is 0 Å². The van der Waals surface area contributed by atoms with Gasteiger partial charge in [-0.05, 0) is 48.1 Å². The third-order valence-electron chi connectivity index (χ3n) is 3.21. The summed E-state index contributed by atoms with van der Waals surface area (Å²) in [6.07, 6.45) is 5.47. The van der Waals surface area contributed by atoms with E-state index in [4.69, 9.17) is 15.2 Å². The van der Waals surface area contributed by atoms with Gasteiger partial charge in [0.1, 0.15) is 0 Å². The molecule has 2 N–H and O–H groups in total. The van der Waals surface area contributed by atoms with Gasteiger partial charge < -0.3 is 15.2 Å². The van der Waals surface area contributed by atoms with Crippen molar-refractivity contribution in [2.24, 2.45) is 5.73 Å². The molecular formula is C14H19NO2. The predicted octanol–water partition coefficient (Wildman–Crippen LogP) is 2.38. The van der Waals surface area contributed by atoms with Crippen LogP contribution in [0.2, 0.25) is 0 Å². The Labute approximate surface area is 102 Å². The van der Waals surface area contributed by atoms with E-state index in [0.29, 0.717) is 6.54 Å². The highest BCUT2D eigenvalue weighted by Gasteiger charge is 2.17. The molecule has 0 radical (unpaired) electrons. The molecule has 0 heterocycles. The summed E-state index contributed by atoms with van der Waals surface area (Å²) in [5.74, 6) is 1.59. The van der Waals surface area contributed by atoms with E-state index >= 15 is 0 Å². The maximum Gasteiger partial charge on any atom is 0.161 e. The van der Waals surface area contributed by atoms with E-state index in [0.717, 1.165) is 24.3 Å². The molecule has 0 saturated carbocycles. The topological polar surface area (TPSA) is 44.5 Å². The fourth-order valence-electron chi connectivity index (χ4n) is 2.39. The second-order valence-electron chi connectivity index (χ2n) is 4.18. The minimum Gasteiger partial charge on any atom is -0.493 e. The van der Waals surface area contributed by atoms with Crippen molar-refractivity contribution in [3.8, 4) is 11.5 Å². The van der Waals surface area contributed by atoms with E-state index in [1.54, 1.807) is 14.2 Å². The SMILES string of the molecule is COc1cc2c(cc1OC)/C(=C/CN)CCC2. The van der Waals surface area contributed by atoms with Crippen LogP contribution in [0.5, 0.6) is 11.5 Å². The van der Waals surface area contributed by atoms with Crippen LogP contribution in [-0.4, -0.2) is 20.8 Å². The van der Waals surface area contributed by atoms with Crippen molar-refractivity contribution in [1.29, 1.82) is 0 Å². The maximum atomic E-state index is 5.61.